The van der Waals surface area contributed by atoms with Gasteiger partial charge in [0.25, 0.3) is 0 Å². The molecule has 0 saturated carbocycles. The van der Waals surface area contributed by atoms with Gasteiger partial charge in [-0.25, -0.2) is 0 Å². The van der Waals surface area contributed by atoms with E-state index in [4.69, 9.17) is 18.9 Å². The number of aliphatic hydroxyl groups excluding tert-OH is 2. The summed E-state index contributed by atoms with van der Waals surface area (Å²) in [7, 11) is 0. The molecule has 0 spiro atoms. The fourth-order valence-electron chi connectivity index (χ4n) is 2.69. The van der Waals surface area contributed by atoms with Crippen LogP contribution < -0.4 is 9.47 Å². The lowest BCUT2D eigenvalue weighted by Gasteiger charge is -2.15. The predicted octanol–water partition coefficient (Wildman–Crippen LogP) is 3.31. The smallest absolute Gasteiger partial charge is 0.146 e. The first kappa shape index (κ1) is 24.6. The highest BCUT2D eigenvalue weighted by molar-refractivity contribution is 5.29. The lowest BCUT2D eigenvalue weighted by molar-refractivity contribution is -0.104. The van der Waals surface area contributed by atoms with Crippen molar-refractivity contribution >= 4 is 0 Å². The van der Waals surface area contributed by atoms with Crippen molar-refractivity contribution in [2.75, 3.05) is 33.2 Å². The summed E-state index contributed by atoms with van der Waals surface area (Å²) in [6, 6.07) is 15.3. The number of hydrogen-bond donors (Lipinski definition) is 2. The molecule has 2 N–H and O–H groups in total. The van der Waals surface area contributed by atoms with Crippen molar-refractivity contribution in [3.8, 4) is 11.5 Å². The molecule has 2 aromatic carbocycles. The molecule has 0 saturated heterocycles. The van der Waals surface area contributed by atoms with Crippen LogP contribution in [0.2, 0.25) is 0 Å². The van der Waals surface area contributed by atoms with Crippen LogP contribution in [0.15, 0.2) is 73.8 Å². The molecule has 2 unspecified atom stereocenters. The second kappa shape index (κ2) is 14.4. The summed E-state index contributed by atoms with van der Waals surface area (Å²) in [5.74, 6) is 1.36. The predicted molar refractivity (Wildman–Crippen MR) is 120 cm³/mol. The Morgan fingerprint density at radius 3 is 1.39 bits per heavy atom. The Labute approximate surface area is 184 Å². The maximum absolute atomic E-state index is 9.93. The molecule has 0 bridgehead atoms. The molecule has 31 heavy (non-hydrogen) atoms. The van der Waals surface area contributed by atoms with Gasteiger partial charge in [0.2, 0.25) is 0 Å². The highest BCUT2D eigenvalue weighted by atomic mass is 16.7. The van der Waals surface area contributed by atoms with Crippen LogP contribution >= 0.6 is 0 Å². The molecule has 0 heterocycles. The first-order valence-corrected chi connectivity index (χ1v) is 10.3. The zero-order valence-electron chi connectivity index (χ0n) is 17.8. The topological polar surface area (TPSA) is 77.4 Å². The van der Waals surface area contributed by atoms with Gasteiger partial charge in [0.05, 0.1) is 13.2 Å². The van der Waals surface area contributed by atoms with Gasteiger partial charge in [-0.2, -0.15) is 0 Å². The van der Waals surface area contributed by atoms with Crippen LogP contribution in [0.4, 0.5) is 0 Å². The highest BCUT2D eigenvalue weighted by Crippen LogP contribution is 2.14. The maximum Gasteiger partial charge on any atom is 0.146 e. The number of allylic oxidation sites excluding steroid dienone is 2. The molecule has 6 heteroatoms. The van der Waals surface area contributed by atoms with Crippen LogP contribution in [0.25, 0.3) is 0 Å². The summed E-state index contributed by atoms with van der Waals surface area (Å²) in [6.07, 6.45) is 3.73. The number of rotatable bonds is 16. The minimum atomic E-state index is -0.784. The Hall–Kier alpha value is -2.64. The van der Waals surface area contributed by atoms with Gasteiger partial charge in [-0.15, -0.1) is 13.2 Å². The summed E-state index contributed by atoms with van der Waals surface area (Å²) in [5, 5.41) is 19.9. The molecule has 0 amide bonds. The Balaban J connectivity index is 1.51. The van der Waals surface area contributed by atoms with Crippen molar-refractivity contribution < 1.29 is 29.2 Å². The van der Waals surface area contributed by atoms with Gasteiger partial charge in [0.15, 0.2) is 0 Å². The van der Waals surface area contributed by atoms with E-state index in [0.29, 0.717) is 11.5 Å². The third-order valence-electron chi connectivity index (χ3n) is 4.28. The largest absolute Gasteiger partial charge is 0.491 e. The highest BCUT2D eigenvalue weighted by Gasteiger charge is 2.08. The van der Waals surface area contributed by atoms with E-state index in [1.54, 1.807) is 0 Å². The van der Waals surface area contributed by atoms with Gasteiger partial charge >= 0.3 is 0 Å². The zero-order valence-corrected chi connectivity index (χ0v) is 17.8. The number of hydrogen-bond acceptors (Lipinski definition) is 6. The summed E-state index contributed by atoms with van der Waals surface area (Å²) < 4.78 is 21.6. The number of benzene rings is 2. The first-order chi connectivity index (χ1) is 15.1. The van der Waals surface area contributed by atoms with Gasteiger partial charge in [-0.3, -0.25) is 0 Å². The molecule has 168 valence electrons. The minimum Gasteiger partial charge on any atom is -0.491 e. The van der Waals surface area contributed by atoms with Crippen LogP contribution in [0.3, 0.4) is 0 Å². The second-order valence-electron chi connectivity index (χ2n) is 7.06. The van der Waals surface area contributed by atoms with E-state index in [0.717, 1.165) is 24.0 Å². The van der Waals surface area contributed by atoms with E-state index in [1.807, 2.05) is 60.7 Å². The number of ether oxygens (including phenoxy) is 4. The van der Waals surface area contributed by atoms with E-state index in [2.05, 4.69) is 13.2 Å². The molecule has 0 aliphatic rings. The summed E-state index contributed by atoms with van der Waals surface area (Å²) in [4.78, 5) is 0. The van der Waals surface area contributed by atoms with E-state index in [-0.39, 0.29) is 33.2 Å². The average Bonchev–Trinajstić information content (AvgIpc) is 2.78. The van der Waals surface area contributed by atoms with Crippen molar-refractivity contribution in [1.82, 2.24) is 0 Å². The monoisotopic (exact) mass is 428 g/mol. The minimum absolute atomic E-state index is 0.0411. The van der Waals surface area contributed by atoms with Crippen LogP contribution in [-0.2, 0) is 22.3 Å². The molecule has 0 aromatic heterocycles. The third-order valence-corrected chi connectivity index (χ3v) is 4.28. The summed E-state index contributed by atoms with van der Waals surface area (Å²) in [6.45, 7) is 7.74. The standard InChI is InChI=1S/C25H32O6/c1-3-5-20-7-11-24(12-8-20)30-17-22(26)15-28-19-29-16-23(27)18-31-25-13-9-21(6-4-2)10-14-25/h3-4,7-14,22-23,26-27H,1-2,5-6,15-19H2. The molecule has 2 aromatic rings. The van der Waals surface area contributed by atoms with E-state index in [9.17, 15) is 10.2 Å². The van der Waals surface area contributed by atoms with Gasteiger partial charge in [-0.1, -0.05) is 36.4 Å². The maximum atomic E-state index is 9.93. The summed E-state index contributed by atoms with van der Waals surface area (Å²) >= 11 is 0. The fraction of sp³-hybridized carbons (Fsp3) is 0.360. The van der Waals surface area contributed by atoms with Crippen molar-refractivity contribution in [2.24, 2.45) is 0 Å². The van der Waals surface area contributed by atoms with Gasteiger partial charge in [0, 0.05) is 0 Å². The molecule has 6 nitrogen and oxygen atoms in total. The Morgan fingerprint density at radius 1 is 0.645 bits per heavy atom. The van der Waals surface area contributed by atoms with Crippen molar-refractivity contribution in [3.63, 3.8) is 0 Å². The van der Waals surface area contributed by atoms with Crippen LogP contribution in [-0.4, -0.2) is 55.6 Å². The quantitative estimate of drug-likeness (QED) is 0.243. The molecular formula is C25H32O6. The van der Waals surface area contributed by atoms with Crippen molar-refractivity contribution in [3.05, 3.63) is 85.0 Å². The average molecular weight is 429 g/mol. The molecular weight excluding hydrogens is 396 g/mol. The molecule has 0 aliphatic carbocycles. The van der Waals surface area contributed by atoms with E-state index in [1.165, 1.54) is 0 Å². The van der Waals surface area contributed by atoms with Gasteiger partial charge < -0.3 is 29.2 Å². The molecule has 2 rings (SSSR count). The number of aliphatic hydroxyl groups is 2. The SMILES string of the molecule is C=CCc1ccc(OCC(O)COCOCC(O)COc2ccc(CC=C)cc2)cc1. The third kappa shape index (κ3) is 10.3. The van der Waals surface area contributed by atoms with Crippen LogP contribution in [0.5, 0.6) is 11.5 Å². The Kier molecular flexibility index (Phi) is 11.4. The van der Waals surface area contributed by atoms with Gasteiger partial charge in [-0.05, 0) is 48.2 Å². The van der Waals surface area contributed by atoms with Crippen LogP contribution in [0.1, 0.15) is 11.1 Å². The van der Waals surface area contributed by atoms with E-state index < -0.39 is 12.2 Å². The molecule has 0 radical (unpaired) electrons. The van der Waals surface area contributed by atoms with Crippen molar-refractivity contribution in [1.29, 1.82) is 0 Å². The lowest BCUT2D eigenvalue weighted by Crippen LogP contribution is -2.26. The van der Waals surface area contributed by atoms with E-state index >= 15 is 0 Å². The van der Waals surface area contributed by atoms with Crippen LogP contribution in [0, 0.1) is 0 Å². The molecule has 2 atom stereocenters. The van der Waals surface area contributed by atoms with Crippen molar-refractivity contribution in [2.45, 2.75) is 25.0 Å². The fourth-order valence-corrected chi connectivity index (χ4v) is 2.69. The normalized spacial score (nSPS) is 12.7. The Bertz CT molecular complexity index is 691. The zero-order chi connectivity index (χ0) is 22.3. The Morgan fingerprint density at radius 2 is 1.03 bits per heavy atom. The first-order valence-electron chi connectivity index (χ1n) is 10.3. The summed E-state index contributed by atoms with van der Waals surface area (Å²) in [5.41, 5.74) is 2.30. The second-order valence-corrected chi connectivity index (χ2v) is 7.06. The lowest BCUT2D eigenvalue weighted by atomic mass is 10.1. The molecule has 0 fully saturated rings. The molecule has 0 aliphatic heterocycles. The van der Waals surface area contributed by atoms with Gasteiger partial charge in [0.1, 0.15) is 43.7 Å².